The number of guanidine groups is 1. The summed E-state index contributed by atoms with van der Waals surface area (Å²) in [6.45, 7) is 7.03. The van der Waals surface area contributed by atoms with Gasteiger partial charge >= 0.3 is 0 Å². The lowest BCUT2D eigenvalue weighted by Gasteiger charge is -2.34. The lowest BCUT2D eigenvalue weighted by molar-refractivity contribution is 0.0179. The molecule has 0 radical (unpaired) electrons. The highest BCUT2D eigenvalue weighted by atomic mass is 127. The Labute approximate surface area is 195 Å². The van der Waals surface area contributed by atoms with E-state index in [1.54, 1.807) is 0 Å². The van der Waals surface area contributed by atoms with Gasteiger partial charge in [-0.1, -0.05) is 23.7 Å². The molecule has 1 aromatic carbocycles. The smallest absolute Gasteiger partial charge is 0.191 e. The molecular formula is C21H32ClIN4O2. The fourth-order valence-electron chi connectivity index (χ4n) is 4.47. The third-order valence-corrected chi connectivity index (χ3v) is 6.19. The molecule has 0 spiro atoms. The molecule has 3 saturated heterocycles. The molecule has 4 atom stereocenters. The summed E-state index contributed by atoms with van der Waals surface area (Å²) >= 11 is 6.10. The van der Waals surface area contributed by atoms with Gasteiger partial charge in [0, 0.05) is 24.7 Å². The first-order chi connectivity index (χ1) is 13.7. The van der Waals surface area contributed by atoms with Crippen LogP contribution in [0, 0.1) is 0 Å². The van der Waals surface area contributed by atoms with E-state index in [-0.39, 0.29) is 30.0 Å². The highest BCUT2D eigenvalue weighted by molar-refractivity contribution is 14.0. The fourth-order valence-corrected chi connectivity index (χ4v) is 4.59. The number of morpholine rings is 1. The van der Waals surface area contributed by atoms with Crippen LogP contribution < -0.4 is 10.6 Å². The molecule has 6 nitrogen and oxygen atoms in total. The van der Waals surface area contributed by atoms with Gasteiger partial charge in [-0.3, -0.25) is 9.89 Å². The Bertz CT molecular complexity index is 669. The third-order valence-electron chi connectivity index (χ3n) is 5.94. The second-order valence-corrected chi connectivity index (χ2v) is 8.23. The van der Waals surface area contributed by atoms with Gasteiger partial charge < -0.3 is 20.1 Å². The standard InChI is InChI=1S/C21H31ClN4O2.HI/c1-2-23-21(25-18-13-17-7-8-20(18)28-17)24-14-19(26-9-11-27-12-10-26)15-3-5-16(22)6-4-15;/h3-6,17-20H,2,7-14H2,1H3,(H2,23,24,25);1H. The first-order valence-electron chi connectivity index (χ1n) is 10.5. The lowest BCUT2D eigenvalue weighted by Crippen LogP contribution is -2.48. The Morgan fingerprint density at radius 3 is 2.62 bits per heavy atom. The molecule has 1 aromatic rings. The maximum Gasteiger partial charge on any atom is 0.191 e. The lowest BCUT2D eigenvalue weighted by atomic mass is 9.96. The average molecular weight is 535 g/mol. The molecule has 3 fully saturated rings. The van der Waals surface area contributed by atoms with Crippen LogP contribution in [0.3, 0.4) is 0 Å². The Morgan fingerprint density at radius 1 is 1.24 bits per heavy atom. The number of aliphatic imine (C=N–C) groups is 1. The molecule has 4 unspecified atom stereocenters. The summed E-state index contributed by atoms with van der Waals surface area (Å²) in [5.74, 6) is 0.885. The van der Waals surface area contributed by atoms with Gasteiger partial charge in [0.25, 0.3) is 0 Å². The molecule has 3 aliphatic heterocycles. The van der Waals surface area contributed by atoms with Crippen LogP contribution in [-0.2, 0) is 9.47 Å². The summed E-state index contributed by atoms with van der Waals surface area (Å²) in [4.78, 5) is 7.42. The van der Waals surface area contributed by atoms with Crippen molar-refractivity contribution >= 4 is 41.5 Å². The summed E-state index contributed by atoms with van der Waals surface area (Å²) < 4.78 is 11.5. The Hall–Kier alpha value is -0.610. The maximum absolute atomic E-state index is 6.10. The SMILES string of the molecule is CCNC(=NCC(c1ccc(Cl)cc1)N1CCOCC1)NC1CC2CCC1O2.I. The molecule has 4 rings (SSSR count). The van der Waals surface area contributed by atoms with Gasteiger partial charge in [-0.15, -0.1) is 24.0 Å². The van der Waals surface area contributed by atoms with E-state index in [9.17, 15) is 0 Å². The van der Waals surface area contributed by atoms with Crippen LogP contribution in [0.5, 0.6) is 0 Å². The first-order valence-corrected chi connectivity index (χ1v) is 10.9. The van der Waals surface area contributed by atoms with E-state index in [2.05, 4.69) is 34.6 Å². The van der Waals surface area contributed by atoms with E-state index >= 15 is 0 Å². The molecule has 0 aliphatic carbocycles. The molecule has 162 valence electrons. The number of hydrogen-bond acceptors (Lipinski definition) is 4. The van der Waals surface area contributed by atoms with Crippen LogP contribution in [0.15, 0.2) is 29.3 Å². The van der Waals surface area contributed by atoms with Crippen molar-refractivity contribution in [2.24, 2.45) is 4.99 Å². The molecule has 0 amide bonds. The zero-order valence-corrected chi connectivity index (χ0v) is 20.1. The topological polar surface area (TPSA) is 58.1 Å². The van der Waals surface area contributed by atoms with Crippen molar-refractivity contribution in [3.8, 4) is 0 Å². The normalized spacial score (nSPS) is 28.1. The fraction of sp³-hybridized carbons (Fsp3) is 0.667. The summed E-state index contributed by atoms with van der Waals surface area (Å²) in [6, 6.07) is 8.74. The number of benzene rings is 1. The van der Waals surface area contributed by atoms with Gasteiger partial charge in [0.05, 0.1) is 44.1 Å². The number of halogens is 2. The van der Waals surface area contributed by atoms with E-state index in [1.807, 2.05) is 12.1 Å². The van der Waals surface area contributed by atoms with Gasteiger partial charge in [-0.05, 0) is 43.9 Å². The van der Waals surface area contributed by atoms with Crippen molar-refractivity contribution in [1.82, 2.24) is 15.5 Å². The third kappa shape index (κ3) is 5.97. The second-order valence-electron chi connectivity index (χ2n) is 7.80. The van der Waals surface area contributed by atoms with Gasteiger partial charge in [-0.2, -0.15) is 0 Å². The average Bonchev–Trinajstić information content (AvgIpc) is 3.33. The summed E-state index contributed by atoms with van der Waals surface area (Å²) in [6.07, 6.45) is 4.20. The zero-order valence-electron chi connectivity index (χ0n) is 17.0. The monoisotopic (exact) mass is 534 g/mol. The molecule has 29 heavy (non-hydrogen) atoms. The maximum atomic E-state index is 6.10. The summed E-state index contributed by atoms with van der Waals surface area (Å²) in [5, 5.41) is 7.79. The van der Waals surface area contributed by atoms with Crippen molar-refractivity contribution < 1.29 is 9.47 Å². The van der Waals surface area contributed by atoms with Crippen LogP contribution in [-0.4, -0.2) is 68.5 Å². The van der Waals surface area contributed by atoms with Crippen molar-refractivity contribution in [2.45, 2.75) is 50.5 Å². The Kier molecular flexibility index (Phi) is 8.85. The summed E-state index contributed by atoms with van der Waals surface area (Å²) in [5.41, 5.74) is 1.24. The number of hydrogen-bond donors (Lipinski definition) is 2. The molecule has 8 heteroatoms. The van der Waals surface area contributed by atoms with Crippen molar-refractivity contribution in [3.63, 3.8) is 0 Å². The van der Waals surface area contributed by atoms with Gasteiger partial charge in [0.1, 0.15) is 0 Å². The molecule has 0 aromatic heterocycles. The van der Waals surface area contributed by atoms with E-state index in [1.165, 1.54) is 12.0 Å². The molecule has 2 N–H and O–H groups in total. The second kappa shape index (κ2) is 11.1. The van der Waals surface area contributed by atoms with Crippen molar-refractivity contribution in [2.75, 3.05) is 39.4 Å². The highest BCUT2D eigenvalue weighted by Gasteiger charge is 2.41. The number of ether oxygens (including phenoxy) is 2. The van der Waals surface area contributed by atoms with Crippen molar-refractivity contribution in [3.05, 3.63) is 34.9 Å². The number of nitrogens with zero attached hydrogens (tertiary/aromatic N) is 2. The number of fused-ring (bicyclic) bond motifs is 2. The number of nitrogens with one attached hydrogen (secondary N) is 2. The first kappa shape index (κ1) is 23.1. The number of rotatable bonds is 6. The van der Waals surface area contributed by atoms with E-state index in [0.29, 0.717) is 24.8 Å². The minimum absolute atomic E-state index is 0. The zero-order chi connectivity index (χ0) is 19.3. The van der Waals surface area contributed by atoms with Crippen LogP contribution in [0.4, 0.5) is 0 Å². The molecule has 3 heterocycles. The highest BCUT2D eigenvalue weighted by Crippen LogP contribution is 2.34. The van der Waals surface area contributed by atoms with E-state index < -0.39 is 0 Å². The van der Waals surface area contributed by atoms with Gasteiger partial charge in [0.15, 0.2) is 5.96 Å². The minimum atomic E-state index is 0. The molecule has 0 saturated carbocycles. The van der Waals surface area contributed by atoms with Crippen LogP contribution >= 0.6 is 35.6 Å². The predicted octanol–water partition coefficient (Wildman–Crippen LogP) is 3.21. The molecule has 2 bridgehead atoms. The Morgan fingerprint density at radius 2 is 2.00 bits per heavy atom. The predicted molar refractivity (Wildman–Crippen MR) is 127 cm³/mol. The van der Waals surface area contributed by atoms with Crippen LogP contribution in [0.1, 0.15) is 37.8 Å². The molecule has 3 aliphatic rings. The largest absolute Gasteiger partial charge is 0.379 e. The minimum Gasteiger partial charge on any atom is -0.379 e. The molecular weight excluding hydrogens is 503 g/mol. The van der Waals surface area contributed by atoms with E-state index in [0.717, 1.165) is 56.7 Å². The van der Waals surface area contributed by atoms with Gasteiger partial charge in [-0.25, -0.2) is 0 Å². The van der Waals surface area contributed by atoms with Crippen LogP contribution in [0.2, 0.25) is 5.02 Å². The van der Waals surface area contributed by atoms with Crippen LogP contribution in [0.25, 0.3) is 0 Å². The quantitative estimate of drug-likeness (QED) is 0.334. The van der Waals surface area contributed by atoms with E-state index in [4.69, 9.17) is 26.1 Å². The summed E-state index contributed by atoms with van der Waals surface area (Å²) in [7, 11) is 0. The van der Waals surface area contributed by atoms with Gasteiger partial charge in [0.2, 0.25) is 0 Å². The van der Waals surface area contributed by atoms with Crippen molar-refractivity contribution in [1.29, 1.82) is 0 Å². The Balaban J connectivity index is 0.00000240.